The Labute approximate surface area is 122 Å². The Morgan fingerprint density at radius 2 is 2.00 bits per heavy atom. The predicted molar refractivity (Wildman–Crippen MR) is 79.5 cm³/mol. The lowest BCUT2D eigenvalue weighted by molar-refractivity contribution is -0.144. The van der Waals surface area contributed by atoms with Crippen LogP contribution in [0.1, 0.15) is 38.5 Å². The van der Waals surface area contributed by atoms with E-state index in [1.54, 1.807) is 7.11 Å². The second-order valence-electron chi connectivity index (χ2n) is 6.14. The molecule has 0 aromatic carbocycles. The molecule has 0 bridgehead atoms. The highest BCUT2D eigenvalue weighted by atomic mass is 16.5. The maximum atomic E-state index is 12.4. The highest BCUT2D eigenvalue weighted by Gasteiger charge is 2.40. The Morgan fingerprint density at radius 1 is 1.20 bits per heavy atom. The third-order valence-electron chi connectivity index (χ3n) is 4.79. The van der Waals surface area contributed by atoms with Gasteiger partial charge in [0.2, 0.25) is 5.91 Å². The van der Waals surface area contributed by atoms with Crippen LogP contribution in [0.5, 0.6) is 0 Å². The van der Waals surface area contributed by atoms with Gasteiger partial charge in [-0.2, -0.15) is 0 Å². The van der Waals surface area contributed by atoms with Gasteiger partial charge < -0.3 is 20.3 Å². The molecule has 20 heavy (non-hydrogen) atoms. The summed E-state index contributed by atoms with van der Waals surface area (Å²) in [5.74, 6) is 0.271. The zero-order valence-corrected chi connectivity index (χ0v) is 12.8. The van der Waals surface area contributed by atoms with Gasteiger partial charge in [0.15, 0.2) is 0 Å². The van der Waals surface area contributed by atoms with Crippen molar-refractivity contribution >= 4 is 5.91 Å². The van der Waals surface area contributed by atoms with Crippen LogP contribution in [-0.2, 0) is 9.53 Å². The van der Waals surface area contributed by atoms with Crippen LogP contribution in [0.2, 0.25) is 0 Å². The van der Waals surface area contributed by atoms with Crippen LogP contribution in [0.3, 0.4) is 0 Å². The zero-order valence-electron chi connectivity index (χ0n) is 12.8. The van der Waals surface area contributed by atoms with Gasteiger partial charge in [-0.1, -0.05) is 0 Å². The minimum absolute atomic E-state index is 0.150. The number of carbonyl (C=O) groups is 1. The van der Waals surface area contributed by atoms with Crippen molar-refractivity contribution in [3.63, 3.8) is 0 Å². The summed E-state index contributed by atoms with van der Waals surface area (Å²) in [6, 6.07) is 0. The quantitative estimate of drug-likeness (QED) is 0.784. The first kappa shape index (κ1) is 15.7. The number of ether oxygens (including phenoxy) is 1. The van der Waals surface area contributed by atoms with Crippen molar-refractivity contribution < 1.29 is 9.53 Å². The van der Waals surface area contributed by atoms with Gasteiger partial charge in [-0.15, -0.1) is 0 Å². The third kappa shape index (κ3) is 3.93. The van der Waals surface area contributed by atoms with Crippen LogP contribution in [0.15, 0.2) is 0 Å². The lowest BCUT2D eigenvalue weighted by Crippen LogP contribution is -2.46. The largest absolute Gasteiger partial charge is 0.378 e. The van der Waals surface area contributed by atoms with Gasteiger partial charge in [0.25, 0.3) is 0 Å². The van der Waals surface area contributed by atoms with E-state index < -0.39 is 0 Å². The average Bonchev–Trinajstić information content (AvgIpc) is 2.66. The maximum absolute atomic E-state index is 12.4. The molecule has 116 valence electrons. The zero-order chi connectivity index (χ0) is 14.4. The molecule has 5 nitrogen and oxygen atoms in total. The minimum Gasteiger partial charge on any atom is -0.378 e. The molecule has 0 aromatic rings. The smallest absolute Gasteiger partial charge is 0.225 e. The topological polar surface area (TPSA) is 58.8 Å². The standard InChI is InChI=1S/C15H29N3O2/c1-20-15(5-2-6-15)13-14(19)18-10-4-9-17(11-12-18)8-3-7-16/h2-13,16H2,1H3. The Balaban J connectivity index is 1.79. The van der Waals surface area contributed by atoms with Crippen LogP contribution >= 0.6 is 0 Å². The summed E-state index contributed by atoms with van der Waals surface area (Å²) in [5.41, 5.74) is 5.41. The number of hydrogen-bond donors (Lipinski definition) is 1. The van der Waals surface area contributed by atoms with Crippen LogP contribution in [-0.4, -0.2) is 67.7 Å². The molecular weight excluding hydrogens is 254 g/mol. The Morgan fingerprint density at radius 3 is 2.60 bits per heavy atom. The summed E-state index contributed by atoms with van der Waals surface area (Å²) < 4.78 is 5.57. The molecule has 2 rings (SSSR count). The first-order valence-corrected chi connectivity index (χ1v) is 7.94. The second kappa shape index (κ2) is 7.38. The van der Waals surface area contributed by atoms with Gasteiger partial charge >= 0.3 is 0 Å². The third-order valence-corrected chi connectivity index (χ3v) is 4.79. The van der Waals surface area contributed by atoms with Crippen LogP contribution in [0, 0.1) is 0 Å². The number of rotatable bonds is 6. The molecular formula is C15H29N3O2. The molecule has 1 amide bonds. The SMILES string of the molecule is COC1(CC(=O)N2CCCN(CCCN)CC2)CCC1. The van der Waals surface area contributed by atoms with Gasteiger partial charge in [-0.05, 0) is 51.7 Å². The number of carbonyl (C=O) groups excluding carboxylic acids is 1. The number of hydrogen-bond acceptors (Lipinski definition) is 4. The fourth-order valence-corrected chi connectivity index (χ4v) is 3.17. The monoisotopic (exact) mass is 283 g/mol. The van der Waals surface area contributed by atoms with Crippen LogP contribution < -0.4 is 5.73 Å². The van der Waals surface area contributed by atoms with E-state index in [-0.39, 0.29) is 11.5 Å². The number of methoxy groups -OCH3 is 1. The molecule has 1 heterocycles. The highest BCUT2D eigenvalue weighted by molar-refractivity contribution is 5.77. The summed E-state index contributed by atoms with van der Waals surface area (Å²) in [6.07, 6.45) is 5.93. The lowest BCUT2D eigenvalue weighted by atomic mass is 9.77. The minimum atomic E-state index is -0.150. The van der Waals surface area contributed by atoms with Crippen molar-refractivity contribution in [3.05, 3.63) is 0 Å². The van der Waals surface area contributed by atoms with Crippen molar-refractivity contribution in [1.82, 2.24) is 9.80 Å². The van der Waals surface area contributed by atoms with E-state index in [0.29, 0.717) is 6.42 Å². The van der Waals surface area contributed by atoms with Crippen LogP contribution in [0.25, 0.3) is 0 Å². The van der Waals surface area contributed by atoms with Gasteiger partial charge in [-0.3, -0.25) is 4.79 Å². The van der Waals surface area contributed by atoms with E-state index in [9.17, 15) is 4.79 Å². The first-order valence-electron chi connectivity index (χ1n) is 7.94. The van der Waals surface area contributed by atoms with Gasteiger partial charge in [0, 0.05) is 26.7 Å². The number of nitrogens with zero attached hydrogens (tertiary/aromatic N) is 2. The highest BCUT2D eigenvalue weighted by Crippen LogP contribution is 2.38. The molecule has 1 aliphatic carbocycles. The Bertz CT molecular complexity index is 313. The molecule has 0 unspecified atom stereocenters. The Hall–Kier alpha value is -0.650. The molecule has 0 aromatic heterocycles. The molecule has 0 radical (unpaired) electrons. The molecule has 0 spiro atoms. The molecule has 5 heteroatoms. The molecule has 1 aliphatic heterocycles. The van der Waals surface area contributed by atoms with Gasteiger partial charge in [0.05, 0.1) is 12.0 Å². The van der Waals surface area contributed by atoms with E-state index >= 15 is 0 Å². The van der Waals surface area contributed by atoms with E-state index in [2.05, 4.69) is 4.90 Å². The number of nitrogens with two attached hydrogens (primary N) is 1. The molecule has 0 atom stereocenters. The van der Waals surface area contributed by atoms with Crippen molar-refractivity contribution in [2.45, 2.75) is 44.1 Å². The van der Waals surface area contributed by atoms with Gasteiger partial charge in [0.1, 0.15) is 0 Å². The number of amides is 1. The summed E-state index contributed by atoms with van der Waals surface area (Å²) in [5, 5.41) is 0. The molecule has 1 saturated heterocycles. The summed E-state index contributed by atoms with van der Waals surface area (Å²) >= 11 is 0. The molecule has 1 saturated carbocycles. The lowest BCUT2D eigenvalue weighted by Gasteiger charge is -2.41. The average molecular weight is 283 g/mol. The van der Waals surface area contributed by atoms with E-state index in [1.165, 1.54) is 6.42 Å². The summed E-state index contributed by atoms with van der Waals surface area (Å²) in [6.45, 7) is 5.60. The maximum Gasteiger partial charge on any atom is 0.225 e. The predicted octanol–water partition coefficient (Wildman–Crippen LogP) is 0.829. The van der Waals surface area contributed by atoms with Crippen LogP contribution in [0.4, 0.5) is 0 Å². The van der Waals surface area contributed by atoms with Crippen molar-refractivity contribution in [3.8, 4) is 0 Å². The van der Waals surface area contributed by atoms with E-state index in [4.69, 9.17) is 10.5 Å². The fourth-order valence-electron chi connectivity index (χ4n) is 3.17. The van der Waals surface area contributed by atoms with E-state index in [0.717, 1.165) is 65.0 Å². The van der Waals surface area contributed by atoms with Crippen molar-refractivity contribution in [1.29, 1.82) is 0 Å². The Kier molecular flexibility index (Phi) is 5.81. The second-order valence-corrected chi connectivity index (χ2v) is 6.14. The van der Waals surface area contributed by atoms with E-state index in [1.807, 2.05) is 4.90 Å². The molecule has 2 fully saturated rings. The van der Waals surface area contributed by atoms with Crippen molar-refractivity contribution in [2.75, 3.05) is 46.4 Å². The molecule has 2 aliphatic rings. The molecule has 2 N–H and O–H groups in total. The summed E-state index contributed by atoms with van der Waals surface area (Å²) in [4.78, 5) is 16.9. The van der Waals surface area contributed by atoms with Gasteiger partial charge in [-0.25, -0.2) is 0 Å². The fraction of sp³-hybridized carbons (Fsp3) is 0.933. The normalized spacial score (nSPS) is 23.2. The van der Waals surface area contributed by atoms with Crippen molar-refractivity contribution in [2.24, 2.45) is 5.73 Å². The summed E-state index contributed by atoms with van der Waals surface area (Å²) in [7, 11) is 1.74. The first-order chi connectivity index (χ1) is 9.69.